The highest BCUT2D eigenvalue weighted by atomic mass is 16.7. The van der Waals surface area contributed by atoms with Gasteiger partial charge in [0.15, 0.2) is 12.6 Å². The van der Waals surface area contributed by atoms with Crippen LogP contribution in [-0.4, -0.2) is 110 Å². The van der Waals surface area contributed by atoms with Gasteiger partial charge in [0, 0.05) is 27.6 Å². The Balaban J connectivity index is 1.01. The molecule has 4 saturated heterocycles. The molecule has 5 heterocycles. The molecular weight excluding hydrogens is 612 g/mol. The maximum absolute atomic E-state index is 13.6. The first-order valence-electron chi connectivity index (χ1n) is 17.4. The number of ether oxygens (including phenoxy) is 9. The van der Waals surface area contributed by atoms with Crippen LogP contribution in [0.25, 0.3) is 0 Å². The van der Waals surface area contributed by atoms with Gasteiger partial charge in [-0.15, -0.1) is 0 Å². The van der Waals surface area contributed by atoms with Gasteiger partial charge in [0.1, 0.15) is 30.5 Å². The van der Waals surface area contributed by atoms with Crippen molar-refractivity contribution in [2.75, 3.05) is 20.8 Å². The van der Waals surface area contributed by atoms with E-state index in [1.165, 1.54) is 18.3 Å². The van der Waals surface area contributed by atoms with Crippen molar-refractivity contribution in [1.29, 1.82) is 0 Å². The number of aliphatic hydroxyl groups excluding tert-OH is 2. The zero-order chi connectivity index (χ0) is 33.2. The molecule has 5 aliphatic heterocycles. The van der Waals surface area contributed by atoms with Gasteiger partial charge in [-0.2, -0.15) is 0 Å². The van der Waals surface area contributed by atoms with Gasteiger partial charge in [-0.05, 0) is 69.3 Å². The molecule has 2 N–H and O–H groups in total. The van der Waals surface area contributed by atoms with E-state index >= 15 is 0 Å². The number of carbonyl (C=O) groups is 1. The van der Waals surface area contributed by atoms with Crippen LogP contribution in [0.5, 0.6) is 0 Å². The minimum absolute atomic E-state index is 0.0601. The standard InChI is InChI=1S/C35H52O12/c1-17-28(36)24(39-5)14-26(43-17)47-30-18(2)44-33(29(37)31(30)40-6)45-21-11-12-34(3)20(13-21)8-9-22-23(34)10-7-19-15-41-35(4)27(19)25(16-42-35)46-32(22)38/h8,15,17-18,21-31,33,36-37H,7,9-14,16H2,1-6H3/t17-,18+,21-,22+,23-,24-,25+,26-,27+,28+,29+,30+,31-,33-,34-,35-/m0/s1. The van der Waals surface area contributed by atoms with E-state index in [2.05, 4.69) is 13.0 Å². The third-order valence-electron chi connectivity index (χ3n) is 12.3. The van der Waals surface area contributed by atoms with Gasteiger partial charge < -0.3 is 52.8 Å². The van der Waals surface area contributed by atoms with Crippen LogP contribution in [0.15, 0.2) is 23.5 Å². The SMILES string of the molecule is CO[C@H]1[C@@H](O)[C@H](O[C@H]2CC[C@@]3(C)C(=CC[C@H]4C(=O)O[C@@H]5CO[C@]6(C)OC=C(CC[C@@H]43)[C@H]56)C2)O[C@H](C)[C@H]1O[C@H]1C[C@H](OC)[C@H](O)[C@H](C)O1. The third-order valence-corrected chi connectivity index (χ3v) is 12.3. The molecule has 264 valence electrons. The van der Waals surface area contributed by atoms with Gasteiger partial charge in [0.25, 0.3) is 0 Å². The van der Waals surface area contributed by atoms with Gasteiger partial charge in [-0.25, -0.2) is 0 Å². The summed E-state index contributed by atoms with van der Waals surface area (Å²) in [6.45, 7) is 8.24. The molecule has 1 saturated carbocycles. The van der Waals surface area contributed by atoms with Crippen LogP contribution in [0, 0.1) is 23.2 Å². The zero-order valence-corrected chi connectivity index (χ0v) is 28.4. The third kappa shape index (κ3) is 5.89. The molecule has 16 atom stereocenters. The molecule has 0 spiro atoms. The summed E-state index contributed by atoms with van der Waals surface area (Å²) in [6.07, 6.45) is 2.49. The van der Waals surface area contributed by atoms with E-state index in [-0.39, 0.29) is 41.3 Å². The molecule has 7 aliphatic rings. The first-order chi connectivity index (χ1) is 22.5. The van der Waals surface area contributed by atoms with Crippen molar-refractivity contribution < 1.29 is 57.6 Å². The average molecular weight is 665 g/mol. The van der Waals surface area contributed by atoms with Crippen LogP contribution in [0.2, 0.25) is 0 Å². The van der Waals surface area contributed by atoms with E-state index < -0.39 is 61.1 Å². The molecule has 0 radical (unpaired) electrons. The molecule has 5 fully saturated rings. The first kappa shape index (κ1) is 33.9. The zero-order valence-electron chi connectivity index (χ0n) is 28.4. The Bertz CT molecular complexity index is 1240. The van der Waals surface area contributed by atoms with Crippen molar-refractivity contribution in [3.8, 4) is 0 Å². The average Bonchev–Trinajstić information content (AvgIpc) is 3.56. The van der Waals surface area contributed by atoms with E-state index in [9.17, 15) is 15.0 Å². The molecule has 0 aromatic carbocycles. The smallest absolute Gasteiger partial charge is 0.309 e. The number of hydrogen-bond donors (Lipinski definition) is 2. The molecule has 47 heavy (non-hydrogen) atoms. The number of aliphatic hydroxyl groups is 2. The van der Waals surface area contributed by atoms with Gasteiger partial charge in [-0.1, -0.05) is 18.6 Å². The Hall–Kier alpha value is -1.61. The van der Waals surface area contributed by atoms with Crippen molar-refractivity contribution in [2.45, 2.75) is 146 Å². The maximum atomic E-state index is 13.6. The minimum atomic E-state index is -1.09. The maximum Gasteiger partial charge on any atom is 0.309 e. The summed E-state index contributed by atoms with van der Waals surface area (Å²) < 4.78 is 54.2. The van der Waals surface area contributed by atoms with Gasteiger partial charge in [0.05, 0.1) is 49.1 Å². The monoisotopic (exact) mass is 664 g/mol. The van der Waals surface area contributed by atoms with Crippen LogP contribution in [0.1, 0.15) is 72.6 Å². The largest absolute Gasteiger partial charge is 0.469 e. The molecule has 0 aromatic rings. The Morgan fingerprint density at radius 3 is 2.55 bits per heavy atom. The molecule has 2 aliphatic carbocycles. The lowest BCUT2D eigenvalue weighted by Crippen LogP contribution is -2.61. The van der Waals surface area contributed by atoms with Crippen molar-refractivity contribution in [3.05, 3.63) is 23.5 Å². The van der Waals surface area contributed by atoms with Crippen molar-refractivity contribution in [3.63, 3.8) is 0 Å². The van der Waals surface area contributed by atoms with Crippen LogP contribution in [0.4, 0.5) is 0 Å². The van der Waals surface area contributed by atoms with E-state index in [0.29, 0.717) is 25.9 Å². The summed E-state index contributed by atoms with van der Waals surface area (Å²) in [5.41, 5.74) is 2.31. The van der Waals surface area contributed by atoms with E-state index in [4.69, 9.17) is 42.6 Å². The molecule has 0 bridgehead atoms. The predicted molar refractivity (Wildman–Crippen MR) is 164 cm³/mol. The normalized spacial score (nSPS) is 51.2. The second kappa shape index (κ2) is 12.9. The topological polar surface area (TPSA) is 141 Å². The predicted octanol–water partition coefficient (Wildman–Crippen LogP) is 3.12. The van der Waals surface area contributed by atoms with Gasteiger partial charge in [-0.3, -0.25) is 4.79 Å². The summed E-state index contributed by atoms with van der Waals surface area (Å²) in [4.78, 5) is 13.6. The van der Waals surface area contributed by atoms with Crippen molar-refractivity contribution in [1.82, 2.24) is 0 Å². The molecule has 0 aromatic heterocycles. The minimum Gasteiger partial charge on any atom is -0.469 e. The fourth-order valence-corrected chi connectivity index (χ4v) is 9.57. The summed E-state index contributed by atoms with van der Waals surface area (Å²) >= 11 is 0. The number of fused-ring (bicyclic) bond motifs is 3. The molecule has 12 nitrogen and oxygen atoms in total. The lowest BCUT2D eigenvalue weighted by molar-refractivity contribution is -0.344. The lowest BCUT2D eigenvalue weighted by Gasteiger charge is -2.51. The number of methoxy groups -OCH3 is 2. The van der Waals surface area contributed by atoms with E-state index in [1.807, 2.05) is 20.1 Å². The summed E-state index contributed by atoms with van der Waals surface area (Å²) in [6, 6.07) is 0. The van der Waals surface area contributed by atoms with Crippen LogP contribution in [0.3, 0.4) is 0 Å². The highest BCUT2D eigenvalue weighted by Crippen LogP contribution is 2.57. The highest BCUT2D eigenvalue weighted by Gasteiger charge is 2.58. The quantitative estimate of drug-likeness (QED) is 0.319. The summed E-state index contributed by atoms with van der Waals surface area (Å²) in [5.74, 6) is -1.01. The number of allylic oxidation sites excluding steroid dienone is 1. The molecule has 0 unspecified atom stereocenters. The molecule has 12 heteroatoms. The number of esters is 1. The molecule has 7 rings (SSSR count). The fourth-order valence-electron chi connectivity index (χ4n) is 9.57. The Morgan fingerprint density at radius 1 is 0.979 bits per heavy atom. The summed E-state index contributed by atoms with van der Waals surface area (Å²) in [7, 11) is 3.09. The second-order valence-corrected chi connectivity index (χ2v) is 15.0. The van der Waals surface area contributed by atoms with Crippen LogP contribution >= 0.6 is 0 Å². The molecule has 0 amide bonds. The Labute approximate surface area is 276 Å². The number of rotatable bonds is 6. The number of carbonyl (C=O) groups excluding carboxylic acids is 1. The molecular formula is C35H52O12. The first-order valence-corrected chi connectivity index (χ1v) is 17.4. The van der Waals surface area contributed by atoms with Crippen molar-refractivity contribution in [2.24, 2.45) is 23.2 Å². The van der Waals surface area contributed by atoms with Crippen LogP contribution in [-0.2, 0) is 47.4 Å². The Morgan fingerprint density at radius 2 is 1.79 bits per heavy atom. The lowest BCUT2D eigenvalue weighted by atomic mass is 9.55. The highest BCUT2D eigenvalue weighted by molar-refractivity contribution is 5.74. The second-order valence-electron chi connectivity index (χ2n) is 15.0. The van der Waals surface area contributed by atoms with Gasteiger partial charge in [0.2, 0.25) is 5.79 Å². The van der Waals surface area contributed by atoms with E-state index in [0.717, 1.165) is 25.7 Å². The fraction of sp³-hybridized carbons (Fsp3) is 0.857. The Kier molecular flexibility index (Phi) is 9.32. The van der Waals surface area contributed by atoms with Gasteiger partial charge >= 0.3 is 5.97 Å². The van der Waals surface area contributed by atoms with E-state index in [1.54, 1.807) is 14.0 Å². The summed E-state index contributed by atoms with van der Waals surface area (Å²) in [5, 5.41) is 21.8. The van der Waals surface area contributed by atoms with Crippen LogP contribution < -0.4 is 0 Å². The van der Waals surface area contributed by atoms with Crippen molar-refractivity contribution >= 4 is 5.97 Å². The number of hydrogen-bond acceptors (Lipinski definition) is 12.